The molecule has 0 bridgehead atoms. The highest BCUT2D eigenvalue weighted by molar-refractivity contribution is 5.81. The first-order valence-corrected chi connectivity index (χ1v) is 10.8. The van der Waals surface area contributed by atoms with E-state index in [1.807, 2.05) is 6.92 Å². The molecule has 1 saturated heterocycles. The zero-order chi connectivity index (χ0) is 19.2. The van der Waals surface area contributed by atoms with Gasteiger partial charge in [0.25, 0.3) is 0 Å². The normalized spacial score (nSPS) is 20.7. The van der Waals surface area contributed by atoms with E-state index in [0.717, 1.165) is 51.4 Å². The van der Waals surface area contributed by atoms with E-state index >= 15 is 0 Å². The maximum atomic E-state index is 12.6. The first kappa shape index (κ1) is 20.3. The van der Waals surface area contributed by atoms with Crippen LogP contribution in [0.4, 0.5) is 0 Å². The molecular weight excluding hydrogens is 338 g/mol. The summed E-state index contributed by atoms with van der Waals surface area (Å²) in [6.45, 7) is 13.4. The molecule has 1 aromatic rings. The van der Waals surface area contributed by atoms with Crippen LogP contribution in [0.5, 0.6) is 0 Å². The fourth-order valence-electron chi connectivity index (χ4n) is 4.32. The summed E-state index contributed by atoms with van der Waals surface area (Å²) in [5.41, 5.74) is 2.26. The molecule has 1 amide bonds. The van der Waals surface area contributed by atoms with Crippen LogP contribution in [0.15, 0.2) is 6.07 Å². The SMILES string of the molecule is CC(C)CN1CCCn2nc(CNC(=O)[C@@H](C)N3CCCCCC3)cc2C1. The van der Waals surface area contributed by atoms with Crippen LogP contribution in [0.3, 0.4) is 0 Å². The van der Waals surface area contributed by atoms with Crippen LogP contribution in [0.2, 0.25) is 0 Å². The molecule has 27 heavy (non-hydrogen) atoms. The lowest BCUT2D eigenvalue weighted by molar-refractivity contribution is -0.126. The van der Waals surface area contributed by atoms with Gasteiger partial charge in [-0.3, -0.25) is 19.3 Å². The lowest BCUT2D eigenvalue weighted by Crippen LogP contribution is -2.45. The molecule has 2 aliphatic heterocycles. The molecule has 0 unspecified atom stereocenters. The fourth-order valence-corrected chi connectivity index (χ4v) is 4.32. The molecule has 3 rings (SSSR count). The maximum Gasteiger partial charge on any atom is 0.237 e. The minimum Gasteiger partial charge on any atom is -0.349 e. The van der Waals surface area contributed by atoms with Crippen LogP contribution in [0, 0.1) is 5.92 Å². The van der Waals surface area contributed by atoms with E-state index in [2.05, 4.69) is 39.7 Å². The van der Waals surface area contributed by atoms with Gasteiger partial charge in [-0.1, -0.05) is 26.7 Å². The van der Waals surface area contributed by atoms with Crippen LogP contribution >= 0.6 is 0 Å². The van der Waals surface area contributed by atoms with Crippen LogP contribution < -0.4 is 5.32 Å². The number of nitrogens with zero attached hydrogens (tertiary/aromatic N) is 4. The lowest BCUT2D eigenvalue weighted by Gasteiger charge is -2.26. The number of aryl methyl sites for hydroxylation is 1. The van der Waals surface area contributed by atoms with Gasteiger partial charge < -0.3 is 5.32 Å². The van der Waals surface area contributed by atoms with E-state index in [9.17, 15) is 4.79 Å². The van der Waals surface area contributed by atoms with Gasteiger partial charge in [-0.15, -0.1) is 0 Å². The number of rotatable bonds is 6. The first-order valence-electron chi connectivity index (χ1n) is 10.8. The predicted octanol–water partition coefficient (Wildman–Crippen LogP) is 2.63. The van der Waals surface area contributed by atoms with Crippen molar-refractivity contribution in [3.8, 4) is 0 Å². The zero-order valence-corrected chi connectivity index (χ0v) is 17.4. The lowest BCUT2D eigenvalue weighted by atomic mass is 10.2. The Hall–Kier alpha value is -1.40. The van der Waals surface area contributed by atoms with Gasteiger partial charge in [-0.05, 0) is 51.3 Å². The third-order valence-corrected chi connectivity index (χ3v) is 5.78. The van der Waals surface area contributed by atoms with E-state index in [-0.39, 0.29) is 11.9 Å². The minimum atomic E-state index is -0.0509. The number of carbonyl (C=O) groups is 1. The van der Waals surface area contributed by atoms with Gasteiger partial charge >= 0.3 is 0 Å². The van der Waals surface area contributed by atoms with Crippen molar-refractivity contribution in [3.63, 3.8) is 0 Å². The summed E-state index contributed by atoms with van der Waals surface area (Å²) in [4.78, 5) is 17.5. The third-order valence-electron chi connectivity index (χ3n) is 5.78. The number of likely N-dealkylation sites (tertiary alicyclic amines) is 1. The third kappa shape index (κ3) is 5.79. The summed E-state index contributed by atoms with van der Waals surface area (Å²) in [6, 6.07) is 2.13. The molecule has 0 aromatic carbocycles. The Morgan fingerprint density at radius 3 is 2.52 bits per heavy atom. The number of carbonyl (C=O) groups excluding carboxylic acids is 1. The Bertz CT molecular complexity index is 604. The molecule has 152 valence electrons. The van der Waals surface area contributed by atoms with Crippen molar-refractivity contribution in [3.05, 3.63) is 17.5 Å². The molecular formula is C21H37N5O. The van der Waals surface area contributed by atoms with Gasteiger partial charge in [0.05, 0.1) is 24.0 Å². The van der Waals surface area contributed by atoms with E-state index in [4.69, 9.17) is 5.10 Å². The molecule has 0 saturated carbocycles. The summed E-state index contributed by atoms with van der Waals surface area (Å²) >= 11 is 0. The summed E-state index contributed by atoms with van der Waals surface area (Å²) in [7, 11) is 0. The molecule has 1 N–H and O–H groups in total. The molecule has 0 spiro atoms. The van der Waals surface area contributed by atoms with Crippen molar-refractivity contribution in [1.82, 2.24) is 24.9 Å². The predicted molar refractivity (Wildman–Crippen MR) is 108 cm³/mol. The topological polar surface area (TPSA) is 53.4 Å². The van der Waals surface area contributed by atoms with Gasteiger partial charge in [0.15, 0.2) is 0 Å². The van der Waals surface area contributed by atoms with Crippen molar-refractivity contribution in [2.75, 3.05) is 26.2 Å². The van der Waals surface area contributed by atoms with Crippen LogP contribution in [-0.4, -0.2) is 57.7 Å². The Labute approximate surface area is 164 Å². The molecule has 3 heterocycles. The second-order valence-corrected chi connectivity index (χ2v) is 8.68. The minimum absolute atomic E-state index is 0.0509. The van der Waals surface area contributed by atoms with E-state index in [1.165, 1.54) is 31.4 Å². The van der Waals surface area contributed by atoms with Crippen molar-refractivity contribution < 1.29 is 4.79 Å². The smallest absolute Gasteiger partial charge is 0.237 e. The van der Waals surface area contributed by atoms with Gasteiger partial charge in [-0.2, -0.15) is 5.10 Å². The fraction of sp³-hybridized carbons (Fsp3) is 0.810. The molecule has 6 nitrogen and oxygen atoms in total. The van der Waals surface area contributed by atoms with Crippen LogP contribution in [0.25, 0.3) is 0 Å². The number of aromatic nitrogens is 2. The average Bonchev–Trinajstić information content (AvgIpc) is 2.82. The first-order chi connectivity index (χ1) is 13.0. The Balaban J connectivity index is 1.53. The molecule has 0 radical (unpaired) electrons. The molecule has 0 aliphatic carbocycles. The standard InChI is InChI=1S/C21H37N5O/c1-17(2)15-24-9-8-12-26-20(16-24)13-19(23-26)14-22-21(27)18(3)25-10-6-4-5-7-11-25/h13,17-18H,4-12,14-16H2,1-3H3,(H,22,27)/t18-/m1/s1. The van der Waals surface area contributed by atoms with E-state index in [0.29, 0.717) is 12.5 Å². The number of hydrogen-bond acceptors (Lipinski definition) is 4. The molecule has 2 aliphatic rings. The van der Waals surface area contributed by atoms with E-state index in [1.54, 1.807) is 0 Å². The maximum absolute atomic E-state index is 12.6. The molecule has 1 fully saturated rings. The quantitative estimate of drug-likeness (QED) is 0.830. The number of amides is 1. The van der Waals surface area contributed by atoms with Gasteiger partial charge in [0.2, 0.25) is 5.91 Å². The number of hydrogen-bond donors (Lipinski definition) is 1. The highest BCUT2D eigenvalue weighted by Crippen LogP contribution is 2.16. The summed E-state index contributed by atoms with van der Waals surface area (Å²) in [5, 5.41) is 7.86. The van der Waals surface area contributed by atoms with Crippen molar-refractivity contribution >= 4 is 5.91 Å². The van der Waals surface area contributed by atoms with Crippen LogP contribution in [0.1, 0.15) is 64.3 Å². The Kier molecular flexibility index (Phi) is 7.30. The largest absolute Gasteiger partial charge is 0.349 e. The van der Waals surface area contributed by atoms with E-state index < -0.39 is 0 Å². The Morgan fingerprint density at radius 2 is 1.81 bits per heavy atom. The number of nitrogens with one attached hydrogen (secondary N) is 1. The summed E-state index contributed by atoms with van der Waals surface area (Å²) < 4.78 is 2.14. The van der Waals surface area contributed by atoms with Gasteiger partial charge in [0, 0.05) is 26.2 Å². The highest BCUT2D eigenvalue weighted by Gasteiger charge is 2.22. The zero-order valence-electron chi connectivity index (χ0n) is 17.4. The number of fused-ring (bicyclic) bond motifs is 1. The highest BCUT2D eigenvalue weighted by atomic mass is 16.2. The summed E-state index contributed by atoms with van der Waals surface area (Å²) in [6.07, 6.45) is 6.13. The van der Waals surface area contributed by atoms with Crippen molar-refractivity contribution in [2.45, 2.75) is 78.6 Å². The monoisotopic (exact) mass is 375 g/mol. The Morgan fingerprint density at radius 1 is 1.07 bits per heavy atom. The van der Waals surface area contributed by atoms with Crippen molar-refractivity contribution in [1.29, 1.82) is 0 Å². The second kappa shape index (κ2) is 9.69. The molecule has 1 atom stereocenters. The average molecular weight is 376 g/mol. The van der Waals surface area contributed by atoms with Crippen molar-refractivity contribution in [2.24, 2.45) is 5.92 Å². The van der Waals surface area contributed by atoms with Crippen LogP contribution in [-0.2, 0) is 24.4 Å². The second-order valence-electron chi connectivity index (χ2n) is 8.68. The summed E-state index contributed by atoms with van der Waals surface area (Å²) in [5.74, 6) is 0.806. The van der Waals surface area contributed by atoms with Gasteiger partial charge in [0.1, 0.15) is 0 Å². The van der Waals surface area contributed by atoms with Gasteiger partial charge in [-0.25, -0.2) is 0 Å². The molecule has 6 heteroatoms. The molecule has 1 aromatic heterocycles.